The summed E-state index contributed by atoms with van der Waals surface area (Å²) >= 11 is 0. The van der Waals surface area contributed by atoms with Crippen molar-refractivity contribution in [1.82, 2.24) is 10.6 Å². The molecule has 0 radical (unpaired) electrons. The Morgan fingerprint density at radius 3 is 2.33 bits per heavy atom. The highest BCUT2D eigenvalue weighted by Gasteiger charge is 2.32. The summed E-state index contributed by atoms with van der Waals surface area (Å²) in [6.07, 6.45) is 0. The van der Waals surface area contributed by atoms with Crippen LogP contribution in [0.15, 0.2) is 71.9 Å². The largest absolute Gasteiger partial charge is 0.457 e. The van der Waals surface area contributed by atoms with Crippen LogP contribution in [0.25, 0.3) is 0 Å². The second-order valence-electron chi connectivity index (χ2n) is 5.54. The summed E-state index contributed by atoms with van der Waals surface area (Å²) in [6.45, 7) is 1.89. The van der Waals surface area contributed by atoms with E-state index in [1.165, 1.54) is 0 Å². The van der Waals surface area contributed by atoms with Crippen molar-refractivity contribution in [2.24, 2.45) is 0 Å². The molecule has 1 aliphatic heterocycles. The average molecular weight is 322 g/mol. The number of allylic oxidation sites excluding steroid dienone is 1. The summed E-state index contributed by atoms with van der Waals surface area (Å²) in [4.78, 5) is 24.4. The number of carbonyl (C=O) groups excluding carboxylic acids is 2. The number of amides is 2. The zero-order valence-electron chi connectivity index (χ0n) is 13.3. The first-order valence-corrected chi connectivity index (χ1v) is 7.69. The lowest BCUT2D eigenvalue weighted by Gasteiger charge is -2.28. The fourth-order valence-corrected chi connectivity index (χ4v) is 2.66. The molecule has 3 rings (SSSR count). The van der Waals surface area contributed by atoms with Gasteiger partial charge in [0.15, 0.2) is 0 Å². The maximum absolute atomic E-state index is 12.6. The molecular weight excluding hydrogens is 304 g/mol. The zero-order chi connectivity index (χ0) is 16.9. The number of rotatable bonds is 4. The van der Waals surface area contributed by atoms with Gasteiger partial charge in [-0.15, -0.1) is 0 Å². The number of esters is 1. The highest BCUT2D eigenvalue weighted by molar-refractivity contribution is 5.95. The van der Waals surface area contributed by atoms with Crippen LogP contribution in [0.4, 0.5) is 4.79 Å². The summed E-state index contributed by atoms with van der Waals surface area (Å²) in [6, 6.07) is 18.0. The molecule has 0 aromatic heterocycles. The fourth-order valence-electron chi connectivity index (χ4n) is 2.66. The first-order chi connectivity index (χ1) is 11.6. The molecule has 0 fully saturated rings. The van der Waals surface area contributed by atoms with Crippen LogP contribution in [-0.2, 0) is 16.1 Å². The van der Waals surface area contributed by atoms with Gasteiger partial charge in [-0.1, -0.05) is 60.7 Å². The Morgan fingerprint density at radius 2 is 1.67 bits per heavy atom. The van der Waals surface area contributed by atoms with Crippen molar-refractivity contribution >= 4 is 12.0 Å². The smallest absolute Gasteiger partial charge is 0.338 e. The fraction of sp³-hybridized carbons (Fsp3) is 0.158. The normalized spacial score (nSPS) is 17.0. The highest BCUT2D eigenvalue weighted by atomic mass is 16.5. The number of carbonyl (C=O) groups is 2. The molecule has 2 aromatic rings. The average Bonchev–Trinajstić information content (AvgIpc) is 2.60. The van der Waals surface area contributed by atoms with Crippen molar-refractivity contribution in [3.8, 4) is 0 Å². The molecule has 2 amide bonds. The maximum Gasteiger partial charge on any atom is 0.338 e. The Labute approximate surface area is 140 Å². The molecule has 0 saturated heterocycles. The van der Waals surface area contributed by atoms with Gasteiger partial charge in [0.1, 0.15) is 6.61 Å². The van der Waals surface area contributed by atoms with Crippen LogP contribution in [0, 0.1) is 0 Å². The van der Waals surface area contributed by atoms with E-state index in [1.807, 2.05) is 60.7 Å². The number of nitrogens with one attached hydrogen (secondary N) is 2. The molecule has 1 heterocycles. The van der Waals surface area contributed by atoms with E-state index in [4.69, 9.17) is 4.74 Å². The van der Waals surface area contributed by atoms with Crippen molar-refractivity contribution < 1.29 is 14.3 Å². The third-order valence-corrected chi connectivity index (χ3v) is 3.83. The van der Waals surface area contributed by atoms with Gasteiger partial charge in [0.05, 0.1) is 11.6 Å². The molecule has 24 heavy (non-hydrogen) atoms. The second kappa shape index (κ2) is 7.00. The Morgan fingerprint density at radius 1 is 1.04 bits per heavy atom. The number of hydrogen-bond acceptors (Lipinski definition) is 3. The van der Waals surface area contributed by atoms with E-state index in [1.54, 1.807) is 6.92 Å². The van der Waals surface area contributed by atoms with Gasteiger partial charge in [-0.2, -0.15) is 0 Å². The Balaban J connectivity index is 1.83. The third kappa shape index (κ3) is 3.46. The van der Waals surface area contributed by atoms with E-state index in [0.717, 1.165) is 11.1 Å². The van der Waals surface area contributed by atoms with E-state index in [2.05, 4.69) is 10.6 Å². The van der Waals surface area contributed by atoms with Crippen molar-refractivity contribution in [1.29, 1.82) is 0 Å². The second-order valence-corrected chi connectivity index (χ2v) is 5.54. The Hall–Kier alpha value is -3.08. The van der Waals surface area contributed by atoms with Gasteiger partial charge in [0.25, 0.3) is 0 Å². The van der Waals surface area contributed by atoms with E-state index in [-0.39, 0.29) is 12.6 Å². The van der Waals surface area contributed by atoms with Crippen molar-refractivity contribution in [3.63, 3.8) is 0 Å². The molecule has 1 atom stereocenters. The summed E-state index contributed by atoms with van der Waals surface area (Å²) in [5.41, 5.74) is 2.66. The predicted octanol–water partition coefficient (Wildman–Crippen LogP) is 3.06. The quantitative estimate of drug-likeness (QED) is 0.850. The molecule has 0 aliphatic carbocycles. The zero-order valence-corrected chi connectivity index (χ0v) is 13.3. The maximum atomic E-state index is 12.6. The lowest BCUT2D eigenvalue weighted by Crippen LogP contribution is -2.45. The molecule has 2 N–H and O–H groups in total. The van der Waals surface area contributed by atoms with Crippen LogP contribution in [0.3, 0.4) is 0 Å². The van der Waals surface area contributed by atoms with Crippen LogP contribution in [-0.4, -0.2) is 12.0 Å². The number of benzene rings is 2. The van der Waals surface area contributed by atoms with Crippen LogP contribution < -0.4 is 10.6 Å². The molecule has 0 bridgehead atoms. The van der Waals surface area contributed by atoms with Crippen LogP contribution in [0.1, 0.15) is 24.1 Å². The van der Waals surface area contributed by atoms with Gasteiger partial charge in [-0.25, -0.2) is 9.59 Å². The van der Waals surface area contributed by atoms with E-state index < -0.39 is 12.0 Å². The Kier molecular flexibility index (Phi) is 4.61. The standard InChI is InChI=1S/C19H18N2O3/c1-13-16(18(22)24-12-14-8-4-2-5-9-14)17(21-19(23)20-13)15-10-6-3-7-11-15/h2-11,17H,12H2,1H3,(H2,20,21,23)/t17-/m0/s1. The SMILES string of the molecule is CC1=C(C(=O)OCc2ccccc2)[C@H](c2ccccc2)NC(=O)N1. The van der Waals surface area contributed by atoms with Gasteiger partial charge < -0.3 is 15.4 Å². The molecule has 5 nitrogen and oxygen atoms in total. The molecule has 0 spiro atoms. The molecule has 0 saturated carbocycles. The number of ether oxygens (including phenoxy) is 1. The molecule has 5 heteroatoms. The van der Waals surface area contributed by atoms with Gasteiger partial charge in [0.2, 0.25) is 0 Å². The molecule has 1 aliphatic rings. The van der Waals surface area contributed by atoms with E-state index in [0.29, 0.717) is 11.3 Å². The Bertz CT molecular complexity index is 770. The minimum absolute atomic E-state index is 0.186. The summed E-state index contributed by atoms with van der Waals surface area (Å²) < 4.78 is 5.44. The molecular formula is C19H18N2O3. The highest BCUT2D eigenvalue weighted by Crippen LogP contribution is 2.27. The first-order valence-electron chi connectivity index (χ1n) is 7.69. The van der Waals surface area contributed by atoms with Gasteiger partial charge >= 0.3 is 12.0 Å². The van der Waals surface area contributed by atoms with Crippen LogP contribution in [0.2, 0.25) is 0 Å². The van der Waals surface area contributed by atoms with Gasteiger partial charge in [-0.3, -0.25) is 0 Å². The summed E-state index contributed by atoms with van der Waals surface area (Å²) in [5, 5.41) is 5.42. The molecule has 0 unspecified atom stereocenters. The van der Waals surface area contributed by atoms with Crippen LogP contribution >= 0.6 is 0 Å². The lowest BCUT2D eigenvalue weighted by atomic mass is 9.96. The van der Waals surface area contributed by atoms with E-state index >= 15 is 0 Å². The summed E-state index contributed by atoms with van der Waals surface area (Å²) in [5.74, 6) is -0.447. The van der Waals surface area contributed by atoms with Crippen LogP contribution in [0.5, 0.6) is 0 Å². The number of urea groups is 1. The topological polar surface area (TPSA) is 67.4 Å². The minimum atomic E-state index is -0.525. The van der Waals surface area contributed by atoms with E-state index in [9.17, 15) is 9.59 Å². The van der Waals surface area contributed by atoms with Crippen molar-refractivity contribution in [3.05, 3.63) is 83.1 Å². The minimum Gasteiger partial charge on any atom is -0.457 e. The first kappa shape index (κ1) is 15.8. The van der Waals surface area contributed by atoms with Crippen molar-refractivity contribution in [2.75, 3.05) is 0 Å². The van der Waals surface area contributed by atoms with Gasteiger partial charge in [0, 0.05) is 5.70 Å². The number of hydrogen-bond donors (Lipinski definition) is 2. The third-order valence-electron chi connectivity index (χ3n) is 3.83. The lowest BCUT2D eigenvalue weighted by molar-refractivity contribution is -0.140. The molecule has 2 aromatic carbocycles. The summed E-state index contributed by atoms with van der Waals surface area (Å²) in [7, 11) is 0. The monoisotopic (exact) mass is 322 g/mol. The van der Waals surface area contributed by atoms with Gasteiger partial charge in [-0.05, 0) is 18.1 Å². The van der Waals surface area contributed by atoms with Crippen molar-refractivity contribution in [2.45, 2.75) is 19.6 Å². The predicted molar refractivity (Wildman–Crippen MR) is 89.8 cm³/mol. The molecule has 122 valence electrons.